The highest BCUT2D eigenvalue weighted by molar-refractivity contribution is 14.2. The van der Waals surface area contributed by atoms with Gasteiger partial charge in [-0.05, 0) is 79.9 Å². The van der Waals surface area contributed by atoms with Crippen LogP contribution in [-0.4, -0.2) is 33.4 Å². The SMILES string of the molecule is CCOCCc1nnn(CC(I)=C(I)I)n1. The molecule has 1 aromatic heterocycles. The van der Waals surface area contributed by atoms with E-state index in [2.05, 4.69) is 83.2 Å². The van der Waals surface area contributed by atoms with Crippen LogP contribution in [0.4, 0.5) is 0 Å². The summed E-state index contributed by atoms with van der Waals surface area (Å²) in [6.07, 6.45) is 0.718. The van der Waals surface area contributed by atoms with Crippen molar-refractivity contribution in [3.63, 3.8) is 0 Å². The van der Waals surface area contributed by atoms with E-state index in [1.807, 2.05) is 6.92 Å². The number of halogens is 3. The van der Waals surface area contributed by atoms with Crippen LogP contribution >= 0.6 is 67.8 Å². The molecule has 1 aromatic rings. The predicted molar refractivity (Wildman–Crippen MR) is 87.1 cm³/mol. The molecule has 0 spiro atoms. The van der Waals surface area contributed by atoms with E-state index in [0.29, 0.717) is 13.2 Å². The van der Waals surface area contributed by atoms with Crippen molar-refractivity contribution < 1.29 is 4.74 Å². The van der Waals surface area contributed by atoms with Gasteiger partial charge >= 0.3 is 0 Å². The Morgan fingerprint density at radius 2 is 2.12 bits per heavy atom. The quantitative estimate of drug-likeness (QED) is 0.397. The first kappa shape index (κ1) is 15.0. The van der Waals surface area contributed by atoms with Gasteiger partial charge in [0.1, 0.15) is 0 Å². The molecule has 0 aliphatic rings. The van der Waals surface area contributed by atoms with Crippen LogP contribution in [0.3, 0.4) is 0 Å². The molecule has 5 nitrogen and oxygen atoms in total. The zero-order chi connectivity index (χ0) is 12.0. The van der Waals surface area contributed by atoms with E-state index >= 15 is 0 Å². The van der Waals surface area contributed by atoms with Gasteiger partial charge in [-0.15, -0.1) is 10.2 Å². The smallest absolute Gasteiger partial charge is 0.177 e. The summed E-state index contributed by atoms with van der Waals surface area (Å²) >= 11 is 6.85. The van der Waals surface area contributed by atoms with Crippen molar-refractivity contribution in [1.29, 1.82) is 0 Å². The fraction of sp³-hybridized carbons (Fsp3) is 0.625. The molecule has 0 fully saturated rings. The molecule has 1 heterocycles. The lowest BCUT2D eigenvalue weighted by Gasteiger charge is -1.98. The molecule has 0 amide bonds. The van der Waals surface area contributed by atoms with Crippen LogP contribution in [0.15, 0.2) is 5.17 Å². The third-order valence-corrected chi connectivity index (χ3v) is 5.90. The Hall–Kier alpha value is 0.960. The average molecular weight is 560 g/mol. The highest BCUT2D eigenvalue weighted by atomic mass is 127. The largest absolute Gasteiger partial charge is 0.381 e. The summed E-state index contributed by atoms with van der Waals surface area (Å²) in [7, 11) is 0. The van der Waals surface area contributed by atoms with Crippen molar-refractivity contribution in [2.45, 2.75) is 19.9 Å². The number of hydrogen-bond donors (Lipinski definition) is 0. The molecular formula is C8H11I3N4O. The molecule has 0 saturated carbocycles. The van der Waals surface area contributed by atoms with Crippen LogP contribution in [-0.2, 0) is 17.7 Å². The third-order valence-electron chi connectivity index (χ3n) is 1.65. The van der Waals surface area contributed by atoms with Crippen LogP contribution in [0.25, 0.3) is 0 Å². The Morgan fingerprint density at radius 1 is 1.38 bits per heavy atom. The molecule has 0 aromatic carbocycles. The molecule has 0 saturated heterocycles. The molecule has 1 rings (SSSR count). The van der Waals surface area contributed by atoms with Crippen molar-refractivity contribution in [2.24, 2.45) is 0 Å². The Kier molecular flexibility index (Phi) is 7.63. The molecule has 0 radical (unpaired) electrons. The number of allylic oxidation sites excluding steroid dienone is 1. The maximum atomic E-state index is 5.24. The normalized spacial score (nSPS) is 10.5. The monoisotopic (exact) mass is 560 g/mol. The van der Waals surface area contributed by atoms with Gasteiger partial charge < -0.3 is 4.74 Å². The summed E-state index contributed by atoms with van der Waals surface area (Å²) < 4.78 is 7.68. The summed E-state index contributed by atoms with van der Waals surface area (Å²) in [5.74, 6) is 0.737. The van der Waals surface area contributed by atoms with Crippen LogP contribution in [0.5, 0.6) is 0 Å². The second-order valence-electron chi connectivity index (χ2n) is 2.85. The van der Waals surface area contributed by atoms with E-state index in [4.69, 9.17) is 4.74 Å². The zero-order valence-electron chi connectivity index (χ0n) is 8.66. The van der Waals surface area contributed by atoms with E-state index in [9.17, 15) is 0 Å². The van der Waals surface area contributed by atoms with Gasteiger partial charge in [-0.1, -0.05) is 0 Å². The molecule has 8 heteroatoms. The van der Waals surface area contributed by atoms with Crippen molar-refractivity contribution in [3.05, 3.63) is 11.0 Å². The van der Waals surface area contributed by atoms with Crippen LogP contribution in [0.2, 0.25) is 0 Å². The van der Waals surface area contributed by atoms with Gasteiger partial charge in [0, 0.05) is 16.6 Å². The van der Waals surface area contributed by atoms with Crippen LogP contribution in [0.1, 0.15) is 12.7 Å². The van der Waals surface area contributed by atoms with Gasteiger partial charge in [-0.25, -0.2) is 0 Å². The molecule has 0 aliphatic carbocycles. The number of tetrazole rings is 1. The van der Waals surface area contributed by atoms with E-state index in [1.54, 1.807) is 4.80 Å². The van der Waals surface area contributed by atoms with Gasteiger partial charge in [-0.3, -0.25) is 0 Å². The highest BCUT2D eigenvalue weighted by Gasteiger charge is 2.05. The molecule has 0 atom stereocenters. The number of nitrogens with zero attached hydrogens (tertiary/aromatic N) is 4. The molecule has 0 N–H and O–H groups in total. The lowest BCUT2D eigenvalue weighted by molar-refractivity contribution is 0.149. The van der Waals surface area contributed by atoms with E-state index in [1.165, 1.54) is 5.17 Å². The molecular weight excluding hydrogens is 549 g/mol. The second-order valence-corrected chi connectivity index (χ2v) is 8.37. The van der Waals surface area contributed by atoms with Crippen LogP contribution in [0, 0.1) is 0 Å². The lowest BCUT2D eigenvalue weighted by Crippen LogP contribution is -2.04. The topological polar surface area (TPSA) is 52.8 Å². The van der Waals surface area contributed by atoms with E-state index in [0.717, 1.165) is 18.9 Å². The maximum Gasteiger partial charge on any atom is 0.177 e. The molecule has 0 aliphatic heterocycles. The van der Waals surface area contributed by atoms with Crippen molar-refractivity contribution in [1.82, 2.24) is 20.2 Å². The summed E-state index contributed by atoms with van der Waals surface area (Å²) in [6.45, 7) is 4.03. The van der Waals surface area contributed by atoms with Gasteiger partial charge in [0.2, 0.25) is 0 Å². The second kappa shape index (κ2) is 8.13. The zero-order valence-corrected chi connectivity index (χ0v) is 15.1. The summed E-state index contributed by atoms with van der Waals surface area (Å²) in [5.41, 5.74) is 0. The van der Waals surface area contributed by atoms with Crippen LogP contribution < -0.4 is 0 Å². The first-order chi connectivity index (χ1) is 7.63. The number of aromatic nitrogens is 4. The standard InChI is InChI=1S/C8H11I3N4O/c1-2-16-4-3-7-12-14-15(13-7)5-6(9)8(10)11/h2-5H2,1H3. The number of ether oxygens (including phenoxy) is 1. The summed E-state index contributed by atoms with van der Waals surface area (Å²) in [4.78, 5) is 1.61. The third kappa shape index (κ3) is 5.53. The Morgan fingerprint density at radius 3 is 2.75 bits per heavy atom. The fourth-order valence-corrected chi connectivity index (χ4v) is 1.58. The summed E-state index contributed by atoms with van der Waals surface area (Å²) in [5, 5.41) is 12.2. The Balaban J connectivity index is 2.48. The van der Waals surface area contributed by atoms with Crippen molar-refractivity contribution >= 4 is 67.8 Å². The first-order valence-corrected chi connectivity index (χ1v) is 7.91. The van der Waals surface area contributed by atoms with E-state index in [-0.39, 0.29) is 0 Å². The molecule has 16 heavy (non-hydrogen) atoms. The van der Waals surface area contributed by atoms with E-state index < -0.39 is 0 Å². The fourth-order valence-electron chi connectivity index (χ4n) is 0.935. The Labute approximate surface area is 135 Å². The molecule has 0 bridgehead atoms. The minimum Gasteiger partial charge on any atom is -0.381 e. The van der Waals surface area contributed by atoms with Gasteiger partial charge in [0.15, 0.2) is 5.82 Å². The molecule has 0 unspecified atom stereocenters. The molecule has 90 valence electrons. The van der Waals surface area contributed by atoms with Crippen molar-refractivity contribution in [3.8, 4) is 0 Å². The van der Waals surface area contributed by atoms with Gasteiger partial charge in [0.05, 0.1) is 14.7 Å². The minimum atomic E-state index is 0.652. The van der Waals surface area contributed by atoms with Gasteiger partial charge in [-0.2, -0.15) is 4.80 Å². The number of rotatable bonds is 6. The number of hydrogen-bond acceptors (Lipinski definition) is 4. The maximum absolute atomic E-state index is 5.24. The average Bonchev–Trinajstić information content (AvgIpc) is 2.66. The first-order valence-electron chi connectivity index (χ1n) is 4.67. The lowest BCUT2D eigenvalue weighted by atomic mass is 10.4. The van der Waals surface area contributed by atoms with Gasteiger partial charge in [0.25, 0.3) is 0 Å². The highest BCUT2D eigenvalue weighted by Crippen LogP contribution is 2.25. The van der Waals surface area contributed by atoms with Crippen molar-refractivity contribution in [2.75, 3.05) is 13.2 Å². The minimum absolute atomic E-state index is 0.652. The predicted octanol–water partition coefficient (Wildman–Crippen LogP) is 2.73. The summed E-state index contributed by atoms with van der Waals surface area (Å²) in [6, 6.07) is 0. The Bertz CT molecular complexity index is 362.